The van der Waals surface area contributed by atoms with Crippen LogP contribution in [0.2, 0.25) is 0 Å². The van der Waals surface area contributed by atoms with Crippen LogP contribution in [-0.2, 0) is 4.74 Å². The molecule has 1 aromatic rings. The zero-order valence-corrected chi connectivity index (χ0v) is 10.9. The number of hydrogen-bond donors (Lipinski definition) is 0. The van der Waals surface area contributed by atoms with Gasteiger partial charge in [-0.05, 0) is 40.5 Å². The minimum atomic E-state index is 0.297. The molecule has 0 saturated carbocycles. The van der Waals surface area contributed by atoms with Crippen LogP contribution in [-0.4, -0.2) is 19.3 Å². The Hall–Kier alpha value is -0.0600. The van der Waals surface area contributed by atoms with Gasteiger partial charge in [0.2, 0.25) is 0 Å². The summed E-state index contributed by atoms with van der Waals surface area (Å²) in [6, 6.07) is 3.94. The Morgan fingerprint density at radius 3 is 2.86 bits per heavy atom. The molecule has 2 nitrogen and oxygen atoms in total. The topological polar surface area (TPSA) is 21.8 Å². The van der Waals surface area contributed by atoms with Crippen molar-refractivity contribution in [3.63, 3.8) is 0 Å². The largest absolute Gasteiger partial charge is 0.490 e. The lowest BCUT2D eigenvalue weighted by Gasteiger charge is -2.09. The highest BCUT2D eigenvalue weighted by Gasteiger charge is 2.23. The van der Waals surface area contributed by atoms with Crippen LogP contribution in [0.5, 0.6) is 5.75 Å². The Morgan fingerprint density at radius 2 is 2.21 bits per heavy atom. The second-order valence-corrected chi connectivity index (χ2v) is 4.90. The van der Waals surface area contributed by atoms with Crippen molar-refractivity contribution in [3.05, 3.63) is 26.6 Å². The summed E-state index contributed by atoms with van der Waals surface area (Å²) in [4.78, 5) is 0. The zero-order chi connectivity index (χ0) is 10.1. The lowest BCUT2D eigenvalue weighted by Crippen LogP contribution is -2.04. The number of ether oxygens (including phenoxy) is 2. The molecule has 0 bridgehead atoms. The first-order valence-electron chi connectivity index (χ1n) is 4.37. The molecular formula is C10H10Br2O2. The van der Waals surface area contributed by atoms with Gasteiger partial charge in [0.1, 0.15) is 18.5 Å². The molecule has 0 amide bonds. The fourth-order valence-electron chi connectivity index (χ4n) is 1.10. The summed E-state index contributed by atoms with van der Waals surface area (Å²) in [5, 5.41) is 0. The summed E-state index contributed by atoms with van der Waals surface area (Å²) in [6.07, 6.45) is 0.297. The molecule has 1 aliphatic rings. The third-order valence-electron chi connectivity index (χ3n) is 2.11. The van der Waals surface area contributed by atoms with E-state index in [1.807, 2.05) is 19.1 Å². The van der Waals surface area contributed by atoms with Gasteiger partial charge in [-0.25, -0.2) is 0 Å². The summed E-state index contributed by atoms with van der Waals surface area (Å²) in [6.45, 7) is 3.50. The standard InChI is InChI=1S/C10H10Br2O2/c1-6-8(11)2-3-9(10(6)12)14-5-7-4-13-7/h2-3,7H,4-5H2,1H3. The highest BCUT2D eigenvalue weighted by molar-refractivity contribution is 9.11. The second-order valence-electron chi connectivity index (χ2n) is 3.25. The van der Waals surface area contributed by atoms with E-state index in [-0.39, 0.29) is 0 Å². The molecule has 0 N–H and O–H groups in total. The van der Waals surface area contributed by atoms with Crippen LogP contribution < -0.4 is 4.74 Å². The van der Waals surface area contributed by atoms with Crippen molar-refractivity contribution in [2.24, 2.45) is 0 Å². The first kappa shape index (κ1) is 10.5. The third-order valence-corrected chi connectivity index (χ3v) is 3.96. The molecule has 2 rings (SSSR count). The molecule has 1 heterocycles. The SMILES string of the molecule is Cc1c(Br)ccc(OCC2CO2)c1Br. The molecule has 1 saturated heterocycles. The van der Waals surface area contributed by atoms with Gasteiger partial charge in [-0.2, -0.15) is 0 Å². The van der Waals surface area contributed by atoms with Crippen LogP contribution in [0, 0.1) is 6.92 Å². The van der Waals surface area contributed by atoms with Crippen LogP contribution in [0.3, 0.4) is 0 Å². The molecule has 4 heteroatoms. The Morgan fingerprint density at radius 1 is 1.50 bits per heavy atom. The van der Waals surface area contributed by atoms with Gasteiger partial charge in [0.25, 0.3) is 0 Å². The van der Waals surface area contributed by atoms with Crippen molar-refractivity contribution in [2.75, 3.05) is 13.2 Å². The first-order chi connectivity index (χ1) is 6.68. The van der Waals surface area contributed by atoms with Crippen LogP contribution in [0.4, 0.5) is 0 Å². The fourth-order valence-corrected chi connectivity index (χ4v) is 2.15. The van der Waals surface area contributed by atoms with E-state index < -0.39 is 0 Å². The summed E-state index contributed by atoms with van der Waals surface area (Å²) in [7, 11) is 0. The van der Waals surface area contributed by atoms with E-state index in [9.17, 15) is 0 Å². The number of hydrogen-bond acceptors (Lipinski definition) is 2. The molecular weight excluding hydrogens is 312 g/mol. The highest BCUT2D eigenvalue weighted by Crippen LogP contribution is 2.33. The van der Waals surface area contributed by atoms with E-state index in [1.54, 1.807) is 0 Å². The van der Waals surface area contributed by atoms with Crippen molar-refractivity contribution < 1.29 is 9.47 Å². The van der Waals surface area contributed by atoms with Gasteiger partial charge in [-0.1, -0.05) is 15.9 Å². The van der Waals surface area contributed by atoms with E-state index in [4.69, 9.17) is 9.47 Å². The smallest absolute Gasteiger partial charge is 0.133 e. The lowest BCUT2D eigenvalue weighted by atomic mass is 10.2. The average molecular weight is 322 g/mol. The van der Waals surface area contributed by atoms with Crippen molar-refractivity contribution in [3.8, 4) is 5.75 Å². The monoisotopic (exact) mass is 320 g/mol. The third kappa shape index (κ3) is 2.30. The van der Waals surface area contributed by atoms with Crippen molar-refractivity contribution in [2.45, 2.75) is 13.0 Å². The van der Waals surface area contributed by atoms with Gasteiger partial charge in [-0.15, -0.1) is 0 Å². The number of halogens is 2. The quantitative estimate of drug-likeness (QED) is 0.797. The Bertz CT molecular complexity index is 348. The van der Waals surface area contributed by atoms with Crippen LogP contribution >= 0.6 is 31.9 Å². The molecule has 1 unspecified atom stereocenters. The molecule has 1 fully saturated rings. The molecule has 1 aromatic carbocycles. The first-order valence-corrected chi connectivity index (χ1v) is 5.96. The minimum Gasteiger partial charge on any atom is -0.490 e. The number of benzene rings is 1. The van der Waals surface area contributed by atoms with E-state index >= 15 is 0 Å². The van der Waals surface area contributed by atoms with Crippen LogP contribution in [0.15, 0.2) is 21.1 Å². The molecule has 1 aliphatic heterocycles. The van der Waals surface area contributed by atoms with Gasteiger partial charge in [0.05, 0.1) is 11.1 Å². The molecule has 0 radical (unpaired) electrons. The normalized spacial score (nSPS) is 19.5. The van der Waals surface area contributed by atoms with Crippen molar-refractivity contribution >= 4 is 31.9 Å². The van der Waals surface area contributed by atoms with Crippen molar-refractivity contribution in [1.29, 1.82) is 0 Å². The maximum atomic E-state index is 5.60. The zero-order valence-electron chi connectivity index (χ0n) is 7.72. The fraction of sp³-hybridized carbons (Fsp3) is 0.400. The minimum absolute atomic E-state index is 0.297. The summed E-state index contributed by atoms with van der Waals surface area (Å²) < 4.78 is 12.8. The predicted octanol–water partition coefficient (Wildman–Crippen LogP) is 3.30. The summed E-state index contributed by atoms with van der Waals surface area (Å²) in [5.41, 5.74) is 1.15. The van der Waals surface area contributed by atoms with Gasteiger partial charge in [0.15, 0.2) is 0 Å². The molecule has 0 aromatic heterocycles. The van der Waals surface area contributed by atoms with Crippen LogP contribution in [0.1, 0.15) is 5.56 Å². The van der Waals surface area contributed by atoms with Crippen LogP contribution in [0.25, 0.3) is 0 Å². The van der Waals surface area contributed by atoms with Gasteiger partial charge in [0, 0.05) is 4.47 Å². The highest BCUT2D eigenvalue weighted by atomic mass is 79.9. The van der Waals surface area contributed by atoms with Gasteiger partial charge >= 0.3 is 0 Å². The lowest BCUT2D eigenvalue weighted by molar-refractivity contribution is 0.261. The molecule has 76 valence electrons. The summed E-state index contributed by atoms with van der Waals surface area (Å²) >= 11 is 6.97. The Kier molecular flexibility index (Phi) is 3.14. The average Bonchev–Trinajstić information content (AvgIpc) is 2.97. The molecule has 14 heavy (non-hydrogen) atoms. The Labute approximate surface area is 99.8 Å². The van der Waals surface area contributed by atoms with E-state index in [0.717, 1.165) is 26.9 Å². The van der Waals surface area contributed by atoms with E-state index in [1.165, 1.54) is 0 Å². The van der Waals surface area contributed by atoms with Gasteiger partial charge in [-0.3, -0.25) is 0 Å². The Balaban J connectivity index is 2.11. The molecule has 1 atom stereocenters. The molecule has 0 spiro atoms. The molecule has 0 aliphatic carbocycles. The second kappa shape index (κ2) is 4.21. The van der Waals surface area contributed by atoms with Gasteiger partial charge < -0.3 is 9.47 Å². The predicted molar refractivity (Wildman–Crippen MR) is 61.8 cm³/mol. The van der Waals surface area contributed by atoms with Crippen molar-refractivity contribution in [1.82, 2.24) is 0 Å². The summed E-state index contributed by atoms with van der Waals surface area (Å²) in [5.74, 6) is 0.876. The maximum absolute atomic E-state index is 5.60. The van der Waals surface area contributed by atoms with E-state index in [0.29, 0.717) is 12.7 Å². The van der Waals surface area contributed by atoms with E-state index in [2.05, 4.69) is 31.9 Å². The number of epoxide rings is 1. The number of rotatable bonds is 3. The maximum Gasteiger partial charge on any atom is 0.133 e.